The number of hydrogen-bond donors (Lipinski definition) is 0. The topological polar surface area (TPSA) is 35.5 Å². The summed E-state index contributed by atoms with van der Waals surface area (Å²) in [4.78, 5) is 10.7. The van der Waals surface area contributed by atoms with Gasteiger partial charge in [-0.3, -0.25) is 0 Å². The summed E-state index contributed by atoms with van der Waals surface area (Å²) >= 11 is 0. The largest absolute Gasteiger partial charge is 0.380 e. The van der Waals surface area contributed by atoms with Crippen molar-refractivity contribution in [1.29, 1.82) is 0 Å². The zero-order valence-electron chi connectivity index (χ0n) is 10.3. The fraction of sp³-hybridized carbons (Fsp3) is 0.750. The van der Waals surface area contributed by atoms with Crippen molar-refractivity contribution in [2.24, 2.45) is 11.8 Å². The summed E-state index contributed by atoms with van der Waals surface area (Å²) in [6.07, 6.45) is 4.73. The van der Waals surface area contributed by atoms with Crippen molar-refractivity contribution < 1.29 is 14.3 Å². The molecule has 0 spiro atoms. The first-order chi connectivity index (χ1) is 7.12. The van der Waals surface area contributed by atoms with E-state index in [-0.39, 0.29) is 24.0 Å². The summed E-state index contributed by atoms with van der Waals surface area (Å²) in [5, 5.41) is 0. The SMILES string of the molecule is C/C=C/[C@H](OC)[C@H](C)[C@@H](OC)[C@@H](C)C=O. The highest BCUT2D eigenvalue weighted by Gasteiger charge is 2.28. The van der Waals surface area contributed by atoms with Crippen molar-refractivity contribution in [2.75, 3.05) is 14.2 Å². The lowest BCUT2D eigenvalue weighted by Gasteiger charge is -2.29. The molecule has 0 aromatic rings. The van der Waals surface area contributed by atoms with E-state index in [0.717, 1.165) is 6.29 Å². The number of allylic oxidation sites excluding steroid dienone is 1. The van der Waals surface area contributed by atoms with Gasteiger partial charge in [-0.15, -0.1) is 0 Å². The van der Waals surface area contributed by atoms with E-state index in [2.05, 4.69) is 0 Å². The molecule has 4 atom stereocenters. The first-order valence-electron chi connectivity index (χ1n) is 5.26. The zero-order valence-corrected chi connectivity index (χ0v) is 10.3. The maximum Gasteiger partial charge on any atom is 0.125 e. The minimum Gasteiger partial charge on any atom is -0.380 e. The summed E-state index contributed by atoms with van der Waals surface area (Å²) in [6, 6.07) is 0. The molecule has 0 amide bonds. The van der Waals surface area contributed by atoms with Crippen molar-refractivity contribution in [3.05, 3.63) is 12.2 Å². The standard InChI is InChI=1S/C12H22O3/c1-6-7-11(14-4)10(3)12(15-5)9(2)8-13/h6-12H,1-5H3/b7-6+/t9-,10-,11-,12-/m0/s1. The van der Waals surface area contributed by atoms with E-state index in [0.29, 0.717) is 0 Å². The normalized spacial score (nSPS) is 19.8. The molecule has 0 saturated carbocycles. The molecule has 0 aliphatic rings. The highest BCUT2D eigenvalue weighted by atomic mass is 16.5. The average molecular weight is 214 g/mol. The molecule has 0 aromatic heterocycles. The molecule has 0 aliphatic heterocycles. The number of carbonyl (C=O) groups excluding carboxylic acids is 1. The van der Waals surface area contributed by atoms with Gasteiger partial charge in [0.2, 0.25) is 0 Å². The Balaban J connectivity index is 4.59. The van der Waals surface area contributed by atoms with Crippen LogP contribution in [-0.2, 0) is 14.3 Å². The van der Waals surface area contributed by atoms with Crippen LogP contribution in [0.4, 0.5) is 0 Å². The van der Waals surface area contributed by atoms with Crippen molar-refractivity contribution in [2.45, 2.75) is 33.0 Å². The van der Waals surface area contributed by atoms with Gasteiger partial charge in [-0.1, -0.05) is 26.0 Å². The van der Waals surface area contributed by atoms with Crippen LogP contribution in [0.3, 0.4) is 0 Å². The van der Waals surface area contributed by atoms with Gasteiger partial charge in [0.1, 0.15) is 6.29 Å². The first-order valence-corrected chi connectivity index (χ1v) is 5.26. The molecule has 0 aliphatic carbocycles. The van der Waals surface area contributed by atoms with E-state index in [1.807, 2.05) is 32.9 Å². The van der Waals surface area contributed by atoms with Crippen LogP contribution in [0, 0.1) is 11.8 Å². The Morgan fingerprint density at radius 3 is 2.07 bits per heavy atom. The summed E-state index contributed by atoms with van der Waals surface area (Å²) in [7, 11) is 3.29. The third kappa shape index (κ3) is 4.14. The van der Waals surface area contributed by atoms with Gasteiger partial charge in [-0.05, 0) is 6.92 Å². The third-order valence-electron chi connectivity index (χ3n) is 2.70. The second-order valence-electron chi connectivity index (χ2n) is 3.78. The quantitative estimate of drug-likeness (QED) is 0.480. The van der Waals surface area contributed by atoms with E-state index >= 15 is 0 Å². The van der Waals surface area contributed by atoms with Crippen LogP contribution < -0.4 is 0 Å². The van der Waals surface area contributed by atoms with Gasteiger partial charge < -0.3 is 14.3 Å². The Bertz CT molecular complexity index is 201. The molecule has 3 heteroatoms. The fourth-order valence-corrected chi connectivity index (χ4v) is 1.83. The molecule has 0 rings (SSSR count). The van der Waals surface area contributed by atoms with E-state index < -0.39 is 0 Å². The van der Waals surface area contributed by atoms with Crippen LogP contribution in [-0.4, -0.2) is 32.7 Å². The highest BCUT2D eigenvalue weighted by molar-refractivity contribution is 5.53. The molecular weight excluding hydrogens is 192 g/mol. The summed E-state index contributed by atoms with van der Waals surface area (Å²) in [5.41, 5.74) is 0. The number of carbonyl (C=O) groups is 1. The number of methoxy groups -OCH3 is 2. The van der Waals surface area contributed by atoms with Gasteiger partial charge in [-0.25, -0.2) is 0 Å². The van der Waals surface area contributed by atoms with Crippen molar-refractivity contribution in [1.82, 2.24) is 0 Å². The molecule has 3 nitrogen and oxygen atoms in total. The van der Waals surface area contributed by atoms with Gasteiger partial charge in [0, 0.05) is 26.1 Å². The van der Waals surface area contributed by atoms with E-state index in [4.69, 9.17) is 9.47 Å². The monoisotopic (exact) mass is 214 g/mol. The zero-order chi connectivity index (χ0) is 11.8. The molecule has 0 aromatic carbocycles. The molecule has 0 saturated heterocycles. The Labute approximate surface area is 92.5 Å². The van der Waals surface area contributed by atoms with Crippen molar-refractivity contribution in [3.63, 3.8) is 0 Å². The highest BCUT2D eigenvalue weighted by Crippen LogP contribution is 2.21. The van der Waals surface area contributed by atoms with Crippen molar-refractivity contribution >= 4 is 6.29 Å². The molecule has 0 unspecified atom stereocenters. The molecule has 0 N–H and O–H groups in total. The Hall–Kier alpha value is -0.670. The van der Waals surface area contributed by atoms with Gasteiger partial charge >= 0.3 is 0 Å². The second-order valence-corrected chi connectivity index (χ2v) is 3.78. The fourth-order valence-electron chi connectivity index (χ4n) is 1.83. The first kappa shape index (κ1) is 14.3. The molecule has 0 bridgehead atoms. The van der Waals surface area contributed by atoms with Crippen LogP contribution >= 0.6 is 0 Å². The molecule has 15 heavy (non-hydrogen) atoms. The predicted molar refractivity (Wildman–Crippen MR) is 60.8 cm³/mol. The van der Waals surface area contributed by atoms with E-state index in [9.17, 15) is 4.79 Å². The lowest BCUT2D eigenvalue weighted by molar-refractivity contribution is -0.117. The minimum atomic E-state index is -0.118. The van der Waals surface area contributed by atoms with Gasteiger partial charge in [-0.2, -0.15) is 0 Å². The van der Waals surface area contributed by atoms with Gasteiger partial charge in [0.15, 0.2) is 0 Å². The van der Waals surface area contributed by atoms with Crippen LogP contribution in [0.2, 0.25) is 0 Å². The second kappa shape index (κ2) is 7.60. The summed E-state index contributed by atoms with van der Waals surface area (Å²) in [5.74, 6) is 0.0318. The average Bonchev–Trinajstić information content (AvgIpc) is 2.26. The smallest absolute Gasteiger partial charge is 0.125 e. The Kier molecular flexibility index (Phi) is 7.26. The van der Waals surface area contributed by atoms with Crippen LogP contribution in [0.15, 0.2) is 12.2 Å². The number of aldehydes is 1. The number of ether oxygens (including phenoxy) is 2. The van der Waals surface area contributed by atoms with Gasteiger partial charge in [0.05, 0.1) is 12.2 Å². The van der Waals surface area contributed by atoms with E-state index in [1.165, 1.54) is 0 Å². The molecule has 0 fully saturated rings. The number of rotatable bonds is 7. The lowest BCUT2D eigenvalue weighted by Crippen LogP contribution is -2.36. The maximum absolute atomic E-state index is 10.7. The lowest BCUT2D eigenvalue weighted by atomic mass is 9.89. The molecule has 0 radical (unpaired) electrons. The summed E-state index contributed by atoms with van der Waals surface area (Å²) in [6.45, 7) is 5.84. The minimum absolute atomic E-state index is 0.0117. The summed E-state index contributed by atoms with van der Waals surface area (Å²) < 4.78 is 10.7. The van der Waals surface area contributed by atoms with Crippen LogP contribution in [0.5, 0.6) is 0 Å². The van der Waals surface area contributed by atoms with Crippen LogP contribution in [0.25, 0.3) is 0 Å². The number of hydrogen-bond acceptors (Lipinski definition) is 3. The third-order valence-corrected chi connectivity index (χ3v) is 2.70. The molecule has 0 heterocycles. The molecular formula is C12H22O3. The maximum atomic E-state index is 10.7. The molecule has 88 valence electrons. The Morgan fingerprint density at radius 1 is 1.13 bits per heavy atom. The van der Waals surface area contributed by atoms with Gasteiger partial charge in [0.25, 0.3) is 0 Å². The predicted octanol–water partition coefficient (Wildman–Crippen LogP) is 2.06. The van der Waals surface area contributed by atoms with E-state index in [1.54, 1.807) is 14.2 Å². The van der Waals surface area contributed by atoms with Crippen molar-refractivity contribution in [3.8, 4) is 0 Å². The Morgan fingerprint density at radius 2 is 1.73 bits per heavy atom. The van der Waals surface area contributed by atoms with Crippen LogP contribution in [0.1, 0.15) is 20.8 Å².